The number of hydrogen-bond acceptors (Lipinski definition) is 3. The van der Waals surface area contributed by atoms with E-state index in [4.69, 9.17) is 0 Å². The van der Waals surface area contributed by atoms with Gasteiger partial charge in [-0.25, -0.2) is 0 Å². The Morgan fingerprint density at radius 1 is 0.769 bits per heavy atom. The van der Waals surface area contributed by atoms with Crippen LogP contribution in [0, 0.1) is 6.92 Å². The van der Waals surface area contributed by atoms with E-state index in [-0.39, 0.29) is 17.6 Å². The molecule has 0 spiro atoms. The molecule has 3 aromatic rings. The van der Waals surface area contributed by atoms with E-state index in [9.17, 15) is 14.7 Å². The van der Waals surface area contributed by atoms with Crippen LogP contribution in [0.3, 0.4) is 0 Å². The van der Waals surface area contributed by atoms with Gasteiger partial charge < -0.3 is 15.7 Å². The molecule has 3 N–H and O–H groups in total. The molecule has 0 heterocycles. The number of amides is 2. The van der Waals surface area contributed by atoms with Gasteiger partial charge in [-0.3, -0.25) is 9.59 Å². The minimum Gasteiger partial charge on any atom is -0.508 e. The molecule has 0 aromatic heterocycles. The van der Waals surface area contributed by atoms with Crippen LogP contribution in [-0.4, -0.2) is 16.9 Å². The van der Waals surface area contributed by atoms with E-state index >= 15 is 0 Å². The predicted octanol–water partition coefficient (Wildman–Crippen LogP) is 4.21. The lowest BCUT2D eigenvalue weighted by molar-refractivity contribution is 0.102. The van der Waals surface area contributed by atoms with Gasteiger partial charge in [0, 0.05) is 11.3 Å². The molecule has 0 fully saturated rings. The maximum absolute atomic E-state index is 12.7. The van der Waals surface area contributed by atoms with Crippen molar-refractivity contribution in [3.63, 3.8) is 0 Å². The van der Waals surface area contributed by atoms with Gasteiger partial charge in [0.2, 0.25) is 0 Å². The van der Waals surface area contributed by atoms with Crippen LogP contribution < -0.4 is 10.6 Å². The number of phenolic OH excluding ortho intramolecular Hbond substituents is 1. The normalized spacial score (nSPS) is 10.2. The van der Waals surface area contributed by atoms with Crippen LogP contribution in [0.4, 0.5) is 11.4 Å². The summed E-state index contributed by atoms with van der Waals surface area (Å²) in [6.07, 6.45) is 0. The molecule has 0 aliphatic heterocycles. The number of aromatic hydroxyl groups is 1. The molecule has 0 radical (unpaired) electrons. The second-order valence-corrected chi connectivity index (χ2v) is 5.82. The van der Waals surface area contributed by atoms with Crippen LogP contribution in [0.25, 0.3) is 0 Å². The molecule has 0 aliphatic carbocycles. The molecule has 0 atom stereocenters. The van der Waals surface area contributed by atoms with Gasteiger partial charge in [-0.2, -0.15) is 0 Å². The van der Waals surface area contributed by atoms with E-state index in [1.54, 1.807) is 67.6 Å². The smallest absolute Gasteiger partial charge is 0.257 e. The Kier molecular flexibility index (Phi) is 4.99. The third-order valence-corrected chi connectivity index (χ3v) is 3.91. The number of phenols is 1. The van der Waals surface area contributed by atoms with Crippen molar-refractivity contribution in [1.29, 1.82) is 0 Å². The van der Waals surface area contributed by atoms with Gasteiger partial charge in [0.1, 0.15) is 5.75 Å². The lowest BCUT2D eigenvalue weighted by Crippen LogP contribution is -2.18. The molecule has 0 aliphatic rings. The summed E-state index contributed by atoms with van der Waals surface area (Å²) < 4.78 is 0. The van der Waals surface area contributed by atoms with Crippen molar-refractivity contribution < 1.29 is 14.7 Å². The zero-order chi connectivity index (χ0) is 18.5. The van der Waals surface area contributed by atoms with E-state index < -0.39 is 0 Å². The van der Waals surface area contributed by atoms with Crippen LogP contribution in [0.5, 0.6) is 5.75 Å². The lowest BCUT2D eigenvalue weighted by Gasteiger charge is -2.13. The number of aryl methyl sites for hydroxylation is 1. The SMILES string of the molecule is Cc1cc(O)ccc1NC(=O)c1ccccc1NC(=O)c1ccccc1. The van der Waals surface area contributed by atoms with Crippen molar-refractivity contribution in [2.45, 2.75) is 6.92 Å². The Bertz CT molecular complexity index is 952. The number of anilines is 2. The monoisotopic (exact) mass is 346 g/mol. The highest BCUT2D eigenvalue weighted by Gasteiger charge is 2.15. The highest BCUT2D eigenvalue weighted by molar-refractivity contribution is 6.12. The predicted molar refractivity (Wildman–Crippen MR) is 102 cm³/mol. The van der Waals surface area contributed by atoms with Gasteiger partial charge in [-0.15, -0.1) is 0 Å². The summed E-state index contributed by atoms with van der Waals surface area (Å²) in [7, 11) is 0. The highest BCUT2D eigenvalue weighted by atomic mass is 16.3. The zero-order valence-corrected chi connectivity index (χ0v) is 14.2. The number of rotatable bonds is 4. The van der Waals surface area contributed by atoms with Crippen molar-refractivity contribution >= 4 is 23.2 Å². The fourth-order valence-corrected chi connectivity index (χ4v) is 2.55. The van der Waals surface area contributed by atoms with Crippen molar-refractivity contribution in [3.8, 4) is 5.75 Å². The molecule has 130 valence electrons. The molecule has 0 unspecified atom stereocenters. The highest BCUT2D eigenvalue weighted by Crippen LogP contribution is 2.23. The number of carbonyl (C=O) groups excluding carboxylic acids is 2. The van der Waals surface area contributed by atoms with E-state index in [1.807, 2.05) is 6.07 Å². The summed E-state index contributed by atoms with van der Waals surface area (Å²) in [6.45, 7) is 1.79. The summed E-state index contributed by atoms with van der Waals surface area (Å²) in [5.74, 6) is -0.495. The Balaban J connectivity index is 1.82. The Morgan fingerprint density at radius 3 is 2.15 bits per heavy atom. The quantitative estimate of drug-likeness (QED) is 0.619. The maximum atomic E-state index is 12.7. The molecule has 5 heteroatoms. The topological polar surface area (TPSA) is 78.4 Å². The van der Waals surface area contributed by atoms with Crippen molar-refractivity contribution in [3.05, 3.63) is 89.5 Å². The third kappa shape index (κ3) is 3.89. The molecule has 3 rings (SSSR count). The first-order chi connectivity index (χ1) is 12.5. The van der Waals surface area contributed by atoms with Gasteiger partial charge in [0.05, 0.1) is 11.3 Å². The van der Waals surface area contributed by atoms with E-state index in [1.165, 1.54) is 6.07 Å². The number of para-hydroxylation sites is 1. The summed E-state index contributed by atoms with van der Waals surface area (Å²) >= 11 is 0. The van der Waals surface area contributed by atoms with E-state index in [0.717, 1.165) is 5.56 Å². The molecule has 26 heavy (non-hydrogen) atoms. The van der Waals surface area contributed by atoms with Crippen LogP contribution in [0.1, 0.15) is 26.3 Å². The molecule has 0 saturated carbocycles. The van der Waals surface area contributed by atoms with Crippen LogP contribution in [-0.2, 0) is 0 Å². The molecular weight excluding hydrogens is 328 g/mol. The van der Waals surface area contributed by atoms with Crippen molar-refractivity contribution in [2.24, 2.45) is 0 Å². The number of hydrogen-bond donors (Lipinski definition) is 3. The van der Waals surface area contributed by atoms with Crippen LogP contribution in [0.15, 0.2) is 72.8 Å². The number of benzene rings is 3. The first-order valence-corrected chi connectivity index (χ1v) is 8.11. The molecule has 5 nitrogen and oxygen atoms in total. The lowest BCUT2D eigenvalue weighted by atomic mass is 10.1. The fraction of sp³-hybridized carbons (Fsp3) is 0.0476. The molecule has 2 amide bonds. The zero-order valence-electron chi connectivity index (χ0n) is 14.2. The first-order valence-electron chi connectivity index (χ1n) is 8.11. The minimum atomic E-state index is -0.345. The minimum absolute atomic E-state index is 0.135. The average molecular weight is 346 g/mol. The molecule has 3 aromatic carbocycles. The van der Waals surface area contributed by atoms with E-state index in [0.29, 0.717) is 22.5 Å². The molecule has 0 saturated heterocycles. The van der Waals surface area contributed by atoms with Crippen molar-refractivity contribution in [2.75, 3.05) is 10.6 Å². The number of nitrogens with one attached hydrogen (secondary N) is 2. The first kappa shape index (κ1) is 17.2. The Morgan fingerprint density at radius 2 is 1.42 bits per heavy atom. The third-order valence-electron chi connectivity index (χ3n) is 3.91. The largest absolute Gasteiger partial charge is 0.508 e. The van der Waals surface area contributed by atoms with Gasteiger partial charge in [-0.05, 0) is 55.0 Å². The van der Waals surface area contributed by atoms with Gasteiger partial charge in [0.15, 0.2) is 0 Å². The van der Waals surface area contributed by atoms with E-state index in [2.05, 4.69) is 10.6 Å². The van der Waals surface area contributed by atoms with Gasteiger partial charge in [0.25, 0.3) is 11.8 Å². The number of carbonyl (C=O) groups is 2. The molecular formula is C21H18N2O3. The van der Waals surface area contributed by atoms with Gasteiger partial charge in [-0.1, -0.05) is 30.3 Å². The van der Waals surface area contributed by atoms with Gasteiger partial charge >= 0.3 is 0 Å². The average Bonchev–Trinajstić information content (AvgIpc) is 2.65. The summed E-state index contributed by atoms with van der Waals surface area (Å²) in [5, 5.41) is 15.1. The molecule has 0 bridgehead atoms. The maximum Gasteiger partial charge on any atom is 0.257 e. The summed E-state index contributed by atoms with van der Waals surface area (Å²) in [4.78, 5) is 25.0. The fourth-order valence-electron chi connectivity index (χ4n) is 2.55. The van der Waals surface area contributed by atoms with Crippen molar-refractivity contribution in [1.82, 2.24) is 0 Å². The second-order valence-electron chi connectivity index (χ2n) is 5.82. The standard InChI is InChI=1S/C21H18N2O3/c1-14-13-16(24)11-12-18(14)22-21(26)17-9-5-6-10-19(17)23-20(25)15-7-3-2-4-8-15/h2-13,24H,1H3,(H,22,26)(H,23,25). The van der Waals surface area contributed by atoms with Crippen LogP contribution >= 0.6 is 0 Å². The van der Waals surface area contributed by atoms with Crippen LogP contribution in [0.2, 0.25) is 0 Å². The summed E-state index contributed by atoms with van der Waals surface area (Å²) in [6, 6.07) is 20.3. The Hall–Kier alpha value is -3.60. The Labute approximate surface area is 151 Å². The second kappa shape index (κ2) is 7.53. The summed E-state index contributed by atoms with van der Waals surface area (Å²) in [5.41, 5.74) is 2.62.